The van der Waals surface area contributed by atoms with Crippen LogP contribution in [0.25, 0.3) is 0 Å². The van der Waals surface area contributed by atoms with E-state index >= 15 is 0 Å². The van der Waals surface area contributed by atoms with Crippen molar-refractivity contribution in [2.45, 2.75) is 57.1 Å². The third-order valence-corrected chi connectivity index (χ3v) is 9.10. The standard InChI is InChI=1S/C29H33BrClN3O4S/c1-4-21(3)32-29(36)27(5-2)33(19-22-11-9-10-14-26(22)31)28(35)20-34(24-17-15-23(30)16-18-24)39(37,38)25-12-7-6-8-13-25/h6-18,21,27H,4-5,19-20H2,1-3H3,(H,32,36)/t21-,27+/m0/s1. The topological polar surface area (TPSA) is 86.8 Å². The summed E-state index contributed by atoms with van der Waals surface area (Å²) in [5.41, 5.74) is 0.980. The van der Waals surface area contributed by atoms with Gasteiger partial charge in [0.15, 0.2) is 0 Å². The van der Waals surface area contributed by atoms with Crippen LogP contribution in [0.2, 0.25) is 5.02 Å². The van der Waals surface area contributed by atoms with Crippen LogP contribution >= 0.6 is 27.5 Å². The van der Waals surface area contributed by atoms with Crippen LogP contribution in [0.15, 0.2) is 88.2 Å². The van der Waals surface area contributed by atoms with Crippen molar-refractivity contribution in [1.82, 2.24) is 10.2 Å². The van der Waals surface area contributed by atoms with E-state index in [2.05, 4.69) is 21.2 Å². The highest BCUT2D eigenvalue weighted by molar-refractivity contribution is 9.10. The molecule has 3 aromatic carbocycles. The Bertz CT molecular complexity index is 1370. The number of hydrogen-bond donors (Lipinski definition) is 1. The van der Waals surface area contributed by atoms with Gasteiger partial charge in [0.25, 0.3) is 10.0 Å². The van der Waals surface area contributed by atoms with Gasteiger partial charge in [0.2, 0.25) is 11.8 Å². The van der Waals surface area contributed by atoms with Crippen LogP contribution in [0, 0.1) is 0 Å². The Labute approximate surface area is 244 Å². The number of sulfonamides is 1. The van der Waals surface area contributed by atoms with Gasteiger partial charge in [0.05, 0.1) is 10.6 Å². The van der Waals surface area contributed by atoms with E-state index < -0.39 is 28.5 Å². The van der Waals surface area contributed by atoms with Gasteiger partial charge in [0, 0.05) is 22.1 Å². The van der Waals surface area contributed by atoms with Gasteiger partial charge in [-0.25, -0.2) is 8.42 Å². The number of amides is 2. The van der Waals surface area contributed by atoms with Crippen molar-refractivity contribution in [2.24, 2.45) is 0 Å². The Balaban J connectivity index is 2.05. The zero-order chi connectivity index (χ0) is 28.6. The van der Waals surface area contributed by atoms with Crippen LogP contribution in [0.5, 0.6) is 0 Å². The monoisotopic (exact) mass is 633 g/mol. The molecular formula is C29H33BrClN3O4S. The summed E-state index contributed by atoms with van der Waals surface area (Å²) in [7, 11) is -4.11. The van der Waals surface area contributed by atoms with Crippen molar-refractivity contribution in [1.29, 1.82) is 0 Å². The van der Waals surface area contributed by atoms with Crippen molar-refractivity contribution in [3.63, 3.8) is 0 Å². The second-order valence-electron chi connectivity index (χ2n) is 9.16. The number of hydrogen-bond acceptors (Lipinski definition) is 4. The second-order valence-corrected chi connectivity index (χ2v) is 12.3. The summed E-state index contributed by atoms with van der Waals surface area (Å²) >= 11 is 9.80. The number of carbonyl (C=O) groups is 2. The lowest BCUT2D eigenvalue weighted by atomic mass is 10.1. The van der Waals surface area contributed by atoms with Gasteiger partial charge in [-0.15, -0.1) is 0 Å². The van der Waals surface area contributed by atoms with Gasteiger partial charge in [-0.2, -0.15) is 0 Å². The van der Waals surface area contributed by atoms with Crippen LogP contribution in [0.3, 0.4) is 0 Å². The Hall–Kier alpha value is -2.88. The van der Waals surface area contributed by atoms with Gasteiger partial charge in [0.1, 0.15) is 12.6 Å². The quantitative estimate of drug-likeness (QED) is 0.264. The minimum atomic E-state index is -4.11. The first-order chi connectivity index (χ1) is 18.6. The fraction of sp³-hybridized carbons (Fsp3) is 0.310. The van der Waals surface area contributed by atoms with E-state index in [1.807, 2.05) is 20.8 Å². The molecule has 39 heavy (non-hydrogen) atoms. The van der Waals surface area contributed by atoms with E-state index in [-0.39, 0.29) is 23.4 Å². The molecule has 3 aromatic rings. The van der Waals surface area contributed by atoms with Crippen molar-refractivity contribution in [2.75, 3.05) is 10.8 Å². The molecule has 0 saturated heterocycles. The molecule has 2 atom stereocenters. The molecule has 0 heterocycles. The maximum Gasteiger partial charge on any atom is 0.264 e. The minimum absolute atomic E-state index is 0.0461. The summed E-state index contributed by atoms with van der Waals surface area (Å²) in [5.74, 6) is -0.822. The maximum atomic E-state index is 14.0. The van der Waals surface area contributed by atoms with Crippen LogP contribution < -0.4 is 9.62 Å². The average Bonchev–Trinajstić information content (AvgIpc) is 2.93. The van der Waals surface area contributed by atoms with Crippen LogP contribution in [-0.4, -0.2) is 43.8 Å². The Morgan fingerprint density at radius 3 is 2.13 bits per heavy atom. The molecule has 0 spiro atoms. The Kier molecular flexibility index (Phi) is 11.0. The van der Waals surface area contributed by atoms with E-state index in [1.54, 1.807) is 66.7 Å². The molecular weight excluding hydrogens is 602 g/mol. The fourth-order valence-corrected chi connectivity index (χ4v) is 5.92. The molecule has 0 aromatic heterocycles. The minimum Gasteiger partial charge on any atom is -0.352 e. The van der Waals surface area contributed by atoms with Crippen molar-refractivity contribution >= 4 is 55.1 Å². The predicted octanol–water partition coefficient (Wildman–Crippen LogP) is 6.02. The van der Waals surface area contributed by atoms with E-state index in [1.165, 1.54) is 17.0 Å². The number of carbonyl (C=O) groups excluding carboxylic acids is 2. The summed E-state index contributed by atoms with van der Waals surface area (Å²) < 4.78 is 29.4. The third kappa shape index (κ3) is 7.84. The molecule has 0 aliphatic rings. The summed E-state index contributed by atoms with van der Waals surface area (Å²) in [6.07, 6.45) is 1.06. The number of nitrogens with zero attached hydrogens (tertiary/aromatic N) is 2. The number of halogens is 2. The summed E-state index contributed by atoms with van der Waals surface area (Å²) in [5, 5.41) is 3.41. The molecule has 1 N–H and O–H groups in total. The summed E-state index contributed by atoms with van der Waals surface area (Å²) in [6.45, 7) is 5.22. The predicted molar refractivity (Wildman–Crippen MR) is 159 cm³/mol. The molecule has 10 heteroatoms. The first-order valence-corrected chi connectivity index (χ1v) is 15.4. The highest BCUT2D eigenvalue weighted by Gasteiger charge is 2.34. The first-order valence-electron chi connectivity index (χ1n) is 12.7. The van der Waals surface area contributed by atoms with E-state index in [0.717, 1.165) is 15.2 Å². The lowest BCUT2D eigenvalue weighted by Crippen LogP contribution is -2.53. The van der Waals surface area contributed by atoms with Crippen LogP contribution in [0.4, 0.5) is 5.69 Å². The molecule has 0 aliphatic carbocycles. The molecule has 0 saturated carbocycles. The number of anilines is 1. The van der Waals surface area contributed by atoms with Gasteiger partial charge in [-0.3, -0.25) is 13.9 Å². The summed E-state index contributed by atoms with van der Waals surface area (Å²) in [6, 6.07) is 20.8. The molecule has 208 valence electrons. The van der Waals surface area contributed by atoms with Crippen molar-refractivity contribution in [3.05, 3.63) is 93.9 Å². The molecule has 2 amide bonds. The molecule has 0 bridgehead atoms. The number of benzene rings is 3. The zero-order valence-corrected chi connectivity index (χ0v) is 25.3. The Morgan fingerprint density at radius 2 is 1.54 bits per heavy atom. The highest BCUT2D eigenvalue weighted by atomic mass is 79.9. The number of rotatable bonds is 12. The number of nitrogens with one attached hydrogen (secondary N) is 1. The van der Waals surface area contributed by atoms with Gasteiger partial charge >= 0.3 is 0 Å². The normalized spacial score (nSPS) is 12.8. The van der Waals surface area contributed by atoms with Gasteiger partial charge < -0.3 is 10.2 Å². The largest absolute Gasteiger partial charge is 0.352 e. The summed E-state index contributed by atoms with van der Waals surface area (Å²) in [4.78, 5) is 28.8. The van der Waals surface area contributed by atoms with Crippen molar-refractivity contribution in [3.8, 4) is 0 Å². The Morgan fingerprint density at radius 1 is 0.923 bits per heavy atom. The molecule has 3 rings (SSSR count). The SMILES string of the molecule is CC[C@H](C(=O)N[C@@H](C)CC)N(Cc1ccccc1Cl)C(=O)CN(c1ccc(Br)cc1)S(=O)(=O)c1ccccc1. The smallest absolute Gasteiger partial charge is 0.264 e. The fourth-order valence-electron chi connectivity index (χ4n) is 4.03. The molecule has 0 unspecified atom stereocenters. The van der Waals surface area contributed by atoms with Crippen LogP contribution in [0.1, 0.15) is 39.2 Å². The van der Waals surface area contributed by atoms with E-state index in [4.69, 9.17) is 11.6 Å². The van der Waals surface area contributed by atoms with E-state index in [0.29, 0.717) is 22.7 Å². The molecule has 7 nitrogen and oxygen atoms in total. The van der Waals surface area contributed by atoms with Crippen molar-refractivity contribution < 1.29 is 18.0 Å². The highest BCUT2D eigenvalue weighted by Crippen LogP contribution is 2.27. The van der Waals surface area contributed by atoms with Crippen LogP contribution in [-0.2, 0) is 26.2 Å². The average molecular weight is 635 g/mol. The lowest BCUT2D eigenvalue weighted by Gasteiger charge is -2.34. The van der Waals surface area contributed by atoms with E-state index in [9.17, 15) is 18.0 Å². The maximum absolute atomic E-state index is 14.0. The third-order valence-electron chi connectivity index (χ3n) is 6.41. The van der Waals surface area contributed by atoms with Gasteiger partial charge in [-0.1, -0.05) is 77.8 Å². The first kappa shape index (κ1) is 30.7. The molecule has 0 fully saturated rings. The second kappa shape index (κ2) is 14.0. The molecule has 0 aliphatic heterocycles. The lowest BCUT2D eigenvalue weighted by molar-refractivity contribution is -0.140. The zero-order valence-electron chi connectivity index (χ0n) is 22.2. The van der Waals surface area contributed by atoms with Gasteiger partial charge in [-0.05, 0) is 67.8 Å². The molecule has 0 radical (unpaired) electrons.